The van der Waals surface area contributed by atoms with Gasteiger partial charge in [-0.05, 0) is 13.0 Å². The van der Waals surface area contributed by atoms with Crippen molar-refractivity contribution in [2.75, 3.05) is 13.7 Å². The molecule has 0 aliphatic carbocycles. The number of rotatable bonds is 3. The summed E-state index contributed by atoms with van der Waals surface area (Å²) in [4.78, 5) is 11.1. The van der Waals surface area contributed by atoms with Crippen molar-refractivity contribution in [2.45, 2.75) is 13.1 Å². The lowest BCUT2D eigenvalue weighted by atomic mass is 10.2. The van der Waals surface area contributed by atoms with E-state index >= 15 is 0 Å². The summed E-state index contributed by atoms with van der Waals surface area (Å²) >= 11 is 0. The molecular weight excluding hydrogens is 189 g/mol. The average molecular weight is 201 g/mol. The Morgan fingerprint density at radius 1 is 1.79 bits per heavy atom. The van der Waals surface area contributed by atoms with Crippen LogP contribution in [0.4, 0.5) is 4.39 Å². The van der Waals surface area contributed by atoms with E-state index in [9.17, 15) is 9.18 Å². The number of esters is 1. The summed E-state index contributed by atoms with van der Waals surface area (Å²) in [6.07, 6.45) is -1.38. The zero-order chi connectivity index (χ0) is 10.7. The van der Waals surface area contributed by atoms with Gasteiger partial charge in [-0.15, -0.1) is 0 Å². The number of methoxy groups -OCH3 is 1. The molecule has 4 nitrogen and oxygen atoms in total. The first-order valence-electron chi connectivity index (χ1n) is 4.13. The Labute approximate surface area is 80.8 Å². The van der Waals surface area contributed by atoms with Crippen LogP contribution in [0.15, 0.2) is 10.5 Å². The van der Waals surface area contributed by atoms with E-state index in [-0.39, 0.29) is 17.9 Å². The summed E-state index contributed by atoms with van der Waals surface area (Å²) in [7, 11) is 1.25. The fourth-order valence-corrected chi connectivity index (χ4v) is 1.09. The van der Waals surface area contributed by atoms with Crippen LogP contribution in [0.5, 0.6) is 0 Å². The van der Waals surface area contributed by atoms with Gasteiger partial charge in [0.25, 0.3) is 0 Å². The van der Waals surface area contributed by atoms with Crippen molar-refractivity contribution in [3.05, 3.63) is 23.2 Å². The number of hydrogen-bond donors (Lipinski definition) is 1. The molecule has 1 aromatic heterocycles. The fraction of sp³-hybridized carbons (Fsp3) is 0.444. The Kier molecular flexibility index (Phi) is 3.24. The van der Waals surface area contributed by atoms with Gasteiger partial charge in [0.1, 0.15) is 17.1 Å². The Morgan fingerprint density at radius 3 is 2.93 bits per heavy atom. The maximum Gasteiger partial charge on any atom is 0.341 e. The summed E-state index contributed by atoms with van der Waals surface area (Å²) in [6, 6.07) is 1.32. The zero-order valence-electron chi connectivity index (χ0n) is 8.04. The molecule has 1 aromatic rings. The van der Waals surface area contributed by atoms with E-state index in [0.717, 1.165) is 0 Å². The van der Waals surface area contributed by atoms with Crippen LogP contribution in [0.3, 0.4) is 0 Å². The summed E-state index contributed by atoms with van der Waals surface area (Å²) in [5.41, 5.74) is 5.36. The third kappa shape index (κ3) is 1.93. The average Bonchev–Trinajstić information content (AvgIpc) is 2.58. The van der Waals surface area contributed by atoms with Crippen LogP contribution in [0.25, 0.3) is 0 Å². The highest BCUT2D eigenvalue weighted by Gasteiger charge is 2.19. The molecule has 1 heterocycles. The van der Waals surface area contributed by atoms with Gasteiger partial charge >= 0.3 is 5.97 Å². The van der Waals surface area contributed by atoms with Crippen molar-refractivity contribution < 1.29 is 18.3 Å². The SMILES string of the molecule is COC(=O)c1cc(C(F)CN)oc1C. The Bertz CT molecular complexity index is 335. The van der Waals surface area contributed by atoms with E-state index in [1.165, 1.54) is 13.2 Å². The van der Waals surface area contributed by atoms with Gasteiger partial charge in [0.2, 0.25) is 0 Å². The van der Waals surface area contributed by atoms with Gasteiger partial charge in [0.05, 0.1) is 7.11 Å². The predicted molar refractivity (Wildman–Crippen MR) is 47.7 cm³/mol. The molecule has 0 aliphatic heterocycles. The maximum absolute atomic E-state index is 13.1. The quantitative estimate of drug-likeness (QED) is 0.749. The largest absolute Gasteiger partial charge is 0.465 e. The van der Waals surface area contributed by atoms with Crippen LogP contribution < -0.4 is 5.73 Å². The highest BCUT2D eigenvalue weighted by Crippen LogP contribution is 2.23. The highest BCUT2D eigenvalue weighted by molar-refractivity contribution is 5.90. The summed E-state index contributed by atoms with van der Waals surface area (Å²) in [6.45, 7) is 1.40. The van der Waals surface area contributed by atoms with Gasteiger partial charge in [-0.25, -0.2) is 9.18 Å². The standard InChI is InChI=1S/C9H12FNO3/c1-5-6(9(12)13-2)3-8(14-5)7(10)4-11/h3,7H,4,11H2,1-2H3. The second-order valence-corrected chi connectivity index (χ2v) is 2.81. The summed E-state index contributed by atoms with van der Waals surface area (Å²) in [5.74, 6) is -0.143. The number of halogens is 1. The number of carbonyl (C=O) groups excluding carboxylic acids is 1. The number of alkyl halides is 1. The van der Waals surface area contributed by atoms with Crippen LogP contribution in [-0.4, -0.2) is 19.6 Å². The van der Waals surface area contributed by atoms with E-state index in [4.69, 9.17) is 10.2 Å². The van der Waals surface area contributed by atoms with E-state index < -0.39 is 12.1 Å². The second kappa shape index (κ2) is 4.23. The maximum atomic E-state index is 13.1. The normalized spacial score (nSPS) is 12.6. The summed E-state index contributed by atoms with van der Waals surface area (Å²) < 4.78 is 22.6. The molecule has 78 valence electrons. The van der Waals surface area contributed by atoms with E-state index in [1.54, 1.807) is 6.92 Å². The van der Waals surface area contributed by atoms with Crippen molar-refractivity contribution >= 4 is 5.97 Å². The van der Waals surface area contributed by atoms with Crippen LogP contribution in [-0.2, 0) is 4.74 Å². The van der Waals surface area contributed by atoms with Crippen LogP contribution in [0.2, 0.25) is 0 Å². The number of furan rings is 1. The fourth-order valence-electron chi connectivity index (χ4n) is 1.09. The molecule has 5 heteroatoms. The van der Waals surface area contributed by atoms with Gasteiger partial charge in [-0.2, -0.15) is 0 Å². The summed E-state index contributed by atoms with van der Waals surface area (Å²) in [5, 5.41) is 0. The minimum atomic E-state index is -1.38. The van der Waals surface area contributed by atoms with Crippen molar-refractivity contribution in [1.29, 1.82) is 0 Å². The second-order valence-electron chi connectivity index (χ2n) is 2.81. The van der Waals surface area contributed by atoms with E-state index in [1.807, 2.05) is 0 Å². The minimum absolute atomic E-state index is 0.0606. The number of ether oxygens (including phenoxy) is 1. The molecule has 0 spiro atoms. The zero-order valence-corrected chi connectivity index (χ0v) is 8.04. The molecule has 0 fully saturated rings. The van der Waals surface area contributed by atoms with E-state index in [0.29, 0.717) is 5.76 Å². The first kappa shape index (κ1) is 10.7. The topological polar surface area (TPSA) is 65.5 Å². The van der Waals surface area contributed by atoms with Crippen molar-refractivity contribution in [3.63, 3.8) is 0 Å². The molecule has 0 radical (unpaired) electrons. The molecule has 14 heavy (non-hydrogen) atoms. The lowest BCUT2D eigenvalue weighted by Crippen LogP contribution is -2.06. The highest BCUT2D eigenvalue weighted by atomic mass is 19.1. The molecule has 0 aliphatic rings. The number of nitrogens with two attached hydrogens (primary N) is 1. The molecule has 0 aromatic carbocycles. The molecule has 0 saturated heterocycles. The monoisotopic (exact) mass is 201 g/mol. The number of aryl methyl sites for hydroxylation is 1. The Balaban J connectivity index is 2.98. The third-order valence-corrected chi connectivity index (χ3v) is 1.86. The van der Waals surface area contributed by atoms with Gasteiger partial charge in [0.15, 0.2) is 6.17 Å². The Morgan fingerprint density at radius 2 is 2.43 bits per heavy atom. The lowest BCUT2D eigenvalue weighted by molar-refractivity contribution is 0.0599. The van der Waals surface area contributed by atoms with E-state index in [2.05, 4.69) is 4.74 Å². The van der Waals surface area contributed by atoms with Crippen LogP contribution in [0.1, 0.15) is 28.1 Å². The Hall–Kier alpha value is -1.36. The minimum Gasteiger partial charge on any atom is -0.465 e. The molecule has 0 amide bonds. The van der Waals surface area contributed by atoms with Crippen LogP contribution in [0, 0.1) is 6.92 Å². The molecule has 0 saturated carbocycles. The molecular formula is C9H12FNO3. The molecule has 1 atom stereocenters. The smallest absolute Gasteiger partial charge is 0.341 e. The number of hydrogen-bond acceptors (Lipinski definition) is 4. The van der Waals surface area contributed by atoms with Gasteiger partial charge in [-0.1, -0.05) is 0 Å². The molecule has 1 rings (SSSR count). The van der Waals surface area contributed by atoms with Gasteiger partial charge in [0, 0.05) is 6.54 Å². The van der Waals surface area contributed by atoms with Crippen molar-refractivity contribution in [2.24, 2.45) is 5.73 Å². The number of carbonyl (C=O) groups is 1. The molecule has 1 unspecified atom stereocenters. The van der Waals surface area contributed by atoms with Gasteiger partial charge < -0.3 is 14.9 Å². The molecule has 0 bridgehead atoms. The van der Waals surface area contributed by atoms with Crippen LogP contribution >= 0.6 is 0 Å². The first-order chi connectivity index (χ1) is 6.60. The van der Waals surface area contributed by atoms with Crippen molar-refractivity contribution in [1.82, 2.24) is 0 Å². The third-order valence-electron chi connectivity index (χ3n) is 1.86. The molecule has 2 N–H and O–H groups in total. The predicted octanol–water partition coefficient (Wildman–Crippen LogP) is 1.34. The lowest BCUT2D eigenvalue weighted by Gasteiger charge is -1.98. The first-order valence-corrected chi connectivity index (χ1v) is 4.13. The van der Waals surface area contributed by atoms with Crippen molar-refractivity contribution in [3.8, 4) is 0 Å². The van der Waals surface area contributed by atoms with Gasteiger partial charge in [-0.3, -0.25) is 0 Å².